The standard InChI is InChI=1S/C10H18N2O2/c1-4-6-7-10(13)12-9(11-7)8(5-2)14-3/h7-8H,4-6H2,1-3H3,(H,11,12,13). The summed E-state index contributed by atoms with van der Waals surface area (Å²) in [6, 6.07) is -0.195. The van der Waals surface area contributed by atoms with E-state index in [0.29, 0.717) is 5.84 Å². The fourth-order valence-corrected chi connectivity index (χ4v) is 1.57. The fourth-order valence-electron chi connectivity index (χ4n) is 1.57. The van der Waals surface area contributed by atoms with Gasteiger partial charge < -0.3 is 10.1 Å². The summed E-state index contributed by atoms with van der Waals surface area (Å²) in [6.07, 6.45) is 2.54. The molecule has 4 nitrogen and oxygen atoms in total. The molecule has 2 atom stereocenters. The van der Waals surface area contributed by atoms with Crippen LogP contribution in [-0.4, -0.2) is 31.0 Å². The Labute approximate surface area is 84.7 Å². The number of methoxy groups -OCH3 is 1. The molecular formula is C10H18N2O2. The van der Waals surface area contributed by atoms with E-state index in [1.54, 1.807) is 7.11 Å². The first kappa shape index (κ1) is 11.2. The third-order valence-corrected chi connectivity index (χ3v) is 2.37. The van der Waals surface area contributed by atoms with Gasteiger partial charge >= 0.3 is 0 Å². The van der Waals surface area contributed by atoms with E-state index in [0.717, 1.165) is 19.3 Å². The lowest BCUT2D eigenvalue weighted by Gasteiger charge is -2.11. The zero-order valence-electron chi connectivity index (χ0n) is 9.04. The lowest BCUT2D eigenvalue weighted by molar-refractivity contribution is -0.120. The molecule has 0 aromatic carbocycles. The molecule has 1 aliphatic rings. The van der Waals surface area contributed by atoms with Crippen molar-refractivity contribution < 1.29 is 9.53 Å². The van der Waals surface area contributed by atoms with Crippen molar-refractivity contribution in [1.82, 2.24) is 5.32 Å². The molecule has 4 heteroatoms. The number of amidine groups is 1. The normalized spacial score (nSPS) is 23.2. The molecule has 0 aliphatic carbocycles. The van der Waals surface area contributed by atoms with E-state index in [2.05, 4.69) is 17.2 Å². The number of aliphatic imine (C=N–C) groups is 1. The molecule has 0 fully saturated rings. The Morgan fingerprint density at radius 3 is 2.79 bits per heavy atom. The second-order valence-electron chi connectivity index (χ2n) is 3.44. The predicted molar refractivity (Wildman–Crippen MR) is 55.4 cm³/mol. The first-order chi connectivity index (χ1) is 6.72. The molecule has 1 aliphatic heterocycles. The van der Waals surface area contributed by atoms with E-state index in [1.165, 1.54) is 0 Å². The number of amides is 1. The molecule has 0 saturated carbocycles. The number of hydrogen-bond donors (Lipinski definition) is 1. The SMILES string of the molecule is CCCC1N=C(C(CC)OC)NC1=O. The topological polar surface area (TPSA) is 50.7 Å². The Kier molecular flexibility index (Phi) is 4.07. The van der Waals surface area contributed by atoms with E-state index in [4.69, 9.17) is 4.74 Å². The second kappa shape index (κ2) is 5.10. The van der Waals surface area contributed by atoms with E-state index in [9.17, 15) is 4.79 Å². The summed E-state index contributed by atoms with van der Waals surface area (Å²) in [5.41, 5.74) is 0. The largest absolute Gasteiger partial charge is 0.374 e. The first-order valence-electron chi connectivity index (χ1n) is 5.14. The van der Waals surface area contributed by atoms with Crippen molar-refractivity contribution in [1.29, 1.82) is 0 Å². The fraction of sp³-hybridized carbons (Fsp3) is 0.800. The number of nitrogens with zero attached hydrogens (tertiary/aromatic N) is 1. The van der Waals surface area contributed by atoms with Crippen LogP contribution in [0.1, 0.15) is 33.1 Å². The highest BCUT2D eigenvalue weighted by Gasteiger charge is 2.28. The number of ether oxygens (including phenoxy) is 1. The molecule has 1 rings (SSSR count). The van der Waals surface area contributed by atoms with Gasteiger partial charge in [0.2, 0.25) is 5.91 Å². The Morgan fingerprint density at radius 1 is 1.57 bits per heavy atom. The molecule has 0 saturated heterocycles. The van der Waals surface area contributed by atoms with Crippen LogP contribution in [0.25, 0.3) is 0 Å². The quantitative estimate of drug-likeness (QED) is 0.719. The van der Waals surface area contributed by atoms with Gasteiger partial charge in [-0.2, -0.15) is 0 Å². The molecule has 1 heterocycles. The average Bonchev–Trinajstić information content (AvgIpc) is 2.51. The smallest absolute Gasteiger partial charge is 0.250 e. The molecule has 1 N–H and O–H groups in total. The van der Waals surface area contributed by atoms with Gasteiger partial charge in [0.25, 0.3) is 0 Å². The van der Waals surface area contributed by atoms with E-state index in [1.807, 2.05) is 6.92 Å². The van der Waals surface area contributed by atoms with Crippen LogP contribution in [0.2, 0.25) is 0 Å². The summed E-state index contributed by atoms with van der Waals surface area (Å²) in [6.45, 7) is 4.06. The van der Waals surface area contributed by atoms with Gasteiger partial charge in [-0.3, -0.25) is 9.79 Å². The Bertz CT molecular complexity index is 234. The van der Waals surface area contributed by atoms with Crippen molar-refractivity contribution in [3.63, 3.8) is 0 Å². The number of carbonyl (C=O) groups excluding carboxylic acids is 1. The van der Waals surface area contributed by atoms with Crippen LogP contribution in [0.5, 0.6) is 0 Å². The zero-order valence-corrected chi connectivity index (χ0v) is 9.04. The van der Waals surface area contributed by atoms with Crippen molar-refractivity contribution >= 4 is 11.7 Å². The molecule has 1 amide bonds. The van der Waals surface area contributed by atoms with Crippen LogP contribution in [0.15, 0.2) is 4.99 Å². The van der Waals surface area contributed by atoms with Gasteiger partial charge in [0.1, 0.15) is 18.0 Å². The summed E-state index contributed by atoms with van der Waals surface area (Å²) in [5, 5.41) is 2.78. The molecule has 14 heavy (non-hydrogen) atoms. The number of nitrogens with one attached hydrogen (secondary N) is 1. The third-order valence-electron chi connectivity index (χ3n) is 2.37. The monoisotopic (exact) mass is 198 g/mol. The van der Waals surface area contributed by atoms with Crippen molar-refractivity contribution in [2.24, 2.45) is 4.99 Å². The molecule has 0 bridgehead atoms. The Balaban J connectivity index is 2.63. The number of rotatable bonds is 5. The minimum absolute atomic E-state index is 0.0114. The van der Waals surface area contributed by atoms with Crippen LogP contribution in [0.3, 0.4) is 0 Å². The van der Waals surface area contributed by atoms with E-state index in [-0.39, 0.29) is 18.1 Å². The summed E-state index contributed by atoms with van der Waals surface area (Å²) in [5.74, 6) is 0.704. The van der Waals surface area contributed by atoms with Crippen molar-refractivity contribution in [3.8, 4) is 0 Å². The summed E-state index contributed by atoms with van der Waals surface area (Å²) in [4.78, 5) is 15.8. The van der Waals surface area contributed by atoms with E-state index < -0.39 is 0 Å². The number of carbonyl (C=O) groups is 1. The van der Waals surface area contributed by atoms with Crippen LogP contribution >= 0.6 is 0 Å². The molecule has 0 radical (unpaired) electrons. The molecule has 2 unspecified atom stereocenters. The van der Waals surface area contributed by atoms with Crippen LogP contribution in [-0.2, 0) is 9.53 Å². The average molecular weight is 198 g/mol. The lowest BCUT2D eigenvalue weighted by Crippen LogP contribution is -2.36. The molecule has 0 aromatic rings. The second-order valence-corrected chi connectivity index (χ2v) is 3.44. The minimum atomic E-state index is -0.195. The van der Waals surface area contributed by atoms with Gasteiger partial charge in [-0.25, -0.2) is 0 Å². The maximum Gasteiger partial charge on any atom is 0.250 e. The van der Waals surface area contributed by atoms with Crippen molar-refractivity contribution in [2.45, 2.75) is 45.3 Å². The molecule has 0 spiro atoms. The third kappa shape index (κ3) is 2.32. The summed E-state index contributed by atoms with van der Waals surface area (Å²) < 4.78 is 5.21. The predicted octanol–water partition coefficient (Wildman–Crippen LogP) is 1.11. The van der Waals surface area contributed by atoms with Gasteiger partial charge in [-0.15, -0.1) is 0 Å². The Hall–Kier alpha value is -0.900. The van der Waals surface area contributed by atoms with Gasteiger partial charge in [-0.05, 0) is 12.8 Å². The lowest BCUT2D eigenvalue weighted by atomic mass is 10.2. The van der Waals surface area contributed by atoms with Gasteiger partial charge in [0, 0.05) is 7.11 Å². The van der Waals surface area contributed by atoms with Gasteiger partial charge in [0.05, 0.1) is 0 Å². The van der Waals surface area contributed by atoms with Gasteiger partial charge in [-0.1, -0.05) is 20.3 Å². The molecule has 0 aromatic heterocycles. The minimum Gasteiger partial charge on any atom is -0.374 e. The van der Waals surface area contributed by atoms with Gasteiger partial charge in [0.15, 0.2) is 0 Å². The summed E-state index contributed by atoms with van der Waals surface area (Å²) in [7, 11) is 1.63. The van der Waals surface area contributed by atoms with Crippen molar-refractivity contribution in [2.75, 3.05) is 7.11 Å². The number of hydrogen-bond acceptors (Lipinski definition) is 3. The maximum absolute atomic E-state index is 11.4. The van der Waals surface area contributed by atoms with Crippen LogP contribution < -0.4 is 5.32 Å². The van der Waals surface area contributed by atoms with Crippen molar-refractivity contribution in [3.05, 3.63) is 0 Å². The maximum atomic E-state index is 11.4. The summed E-state index contributed by atoms with van der Waals surface area (Å²) >= 11 is 0. The highest BCUT2D eigenvalue weighted by atomic mass is 16.5. The molecule has 80 valence electrons. The first-order valence-corrected chi connectivity index (χ1v) is 5.14. The highest BCUT2D eigenvalue weighted by molar-refractivity contribution is 6.07. The Morgan fingerprint density at radius 2 is 2.29 bits per heavy atom. The van der Waals surface area contributed by atoms with Crippen LogP contribution in [0, 0.1) is 0 Å². The molecular weight excluding hydrogens is 180 g/mol. The zero-order chi connectivity index (χ0) is 10.6. The highest BCUT2D eigenvalue weighted by Crippen LogP contribution is 2.11. The van der Waals surface area contributed by atoms with Crippen LogP contribution in [0.4, 0.5) is 0 Å². The van der Waals surface area contributed by atoms with E-state index >= 15 is 0 Å².